The Hall–Kier alpha value is -2.57. The van der Waals surface area contributed by atoms with Crippen molar-refractivity contribution in [3.05, 3.63) is 70.8 Å². The molecule has 2 aromatic carbocycles. The molecule has 0 aliphatic carbocycles. The van der Waals surface area contributed by atoms with Crippen molar-refractivity contribution < 1.29 is 4.79 Å². The Kier molecular flexibility index (Phi) is 8.20. The van der Waals surface area contributed by atoms with Gasteiger partial charge < -0.3 is 11.1 Å². The zero-order valence-corrected chi connectivity index (χ0v) is 13.8. The van der Waals surface area contributed by atoms with E-state index in [9.17, 15) is 4.79 Å². The van der Waals surface area contributed by atoms with Crippen molar-refractivity contribution in [1.82, 2.24) is 5.32 Å². The Morgan fingerprint density at radius 1 is 1.13 bits per heavy atom. The van der Waals surface area contributed by atoms with E-state index in [-0.39, 0.29) is 12.6 Å². The highest BCUT2D eigenvalue weighted by Crippen LogP contribution is 2.15. The van der Waals surface area contributed by atoms with Crippen LogP contribution >= 0.6 is 0 Å². The van der Waals surface area contributed by atoms with Gasteiger partial charge in [-0.05, 0) is 36.1 Å². The predicted octanol–water partition coefficient (Wildman–Crippen LogP) is 3.13. The third-order valence-electron chi connectivity index (χ3n) is 3.31. The van der Waals surface area contributed by atoms with Crippen molar-refractivity contribution in [2.45, 2.75) is 26.7 Å². The van der Waals surface area contributed by atoms with Gasteiger partial charge in [-0.2, -0.15) is 0 Å². The summed E-state index contributed by atoms with van der Waals surface area (Å²) in [6, 6.07) is 15.7. The molecule has 1 amide bonds. The van der Waals surface area contributed by atoms with Gasteiger partial charge in [-0.15, -0.1) is 6.42 Å². The molecule has 0 fully saturated rings. The number of benzene rings is 2. The normalized spacial score (nSPS) is 9.30. The number of nitrogens with one attached hydrogen (secondary N) is 1. The van der Waals surface area contributed by atoms with Gasteiger partial charge in [0.15, 0.2) is 0 Å². The van der Waals surface area contributed by atoms with Crippen LogP contribution in [0.2, 0.25) is 0 Å². The molecule has 3 heteroatoms. The largest absolute Gasteiger partial charge is 0.340 e. The quantitative estimate of drug-likeness (QED) is 0.658. The van der Waals surface area contributed by atoms with Crippen molar-refractivity contribution in [3.8, 4) is 12.3 Å². The minimum Gasteiger partial charge on any atom is -0.340 e. The number of aryl methyl sites for hydroxylation is 2. The number of carbonyl (C=O) groups is 1. The van der Waals surface area contributed by atoms with Gasteiger partial charge >= 0.3 is 0 Å². The fraction of sp³-hybridized carbons (Fsp3) is 0.250. The third kappa shape index (κ3) is 5.61. The van der Waals surface area contributed by atoms with Gasteiger partial charge in [-0.1, -0.05) is 56.2 Å². The second kappa shape index (κ2) is 10.2. The minimum atomic E-state index is -0.183. The zero-order valence-electron chi connectivity index (χ0n) is 13.8. The molecule has 3 N–H and O–H groups in total. The number of hydrogen-bond donors (Lipinski definition) is 2. The maximum absolute atomic E-state index is 12.1. The average Bonchev–Trinajstić information content (AvgIpc) is 2.62. The number of terminal acetylenes is 1. The summed E-state index contributed by atoms with van der Waals surface area (Å²) < 4.78 is 0. The Labute approximate surface area is 138 Å². The van der Waals surface area contributed by atoms with Crippen LogP contribution in [-0.4, -0.2) is 12.6 Å². The smallest absolute Gasteiger partial charge is 0.252 e. The van der Waals surface area contributed by atoms with Crippen LogP contribution in [0.15, 0.2) is 48.5 Å². The zero-order chi connectivity index (χ0) is 17.1. The molecule has 2 aromatic rings. The fourth-order valence-electron chi connectivity index (χ4n) is 2.21. The van der Waals surface area contributed by atoms with E-state index in [1.807, 2.05) is 44.2 Å². The molecule has 0 bridgehead atoms. The lowest BCUT2D eigenvalue weighted by Crippen LogP contribution is -2.30. The molecule has 0 spiro atoms. The molecule has 120 valence electrons. The maximum atomic E-state index is 12.1. The molecule has 0 heterocycles. The summed E-state index contributed by atoms with van der Waals surface area (Å²) in [6.07, 6.45) is 7.06. The molecule has 0 radical (unpaired) electrons. The van der Waals surface area contributed by atoms with Crippen LogP contribution in [-0.2, 0) is 12.8 Å². The number of rotatable bonds is 5. The lowest BCUT2D eigenvalue weighted by molar-refractivity contribution is 0.0954. The Balaban J connectivity index is 0.00000127. The van der Waals surface area contributed by atoms with Crippen molar-refractivity contribution in [2.75, 3.05) is 6.67 Å². The highest BCUT2D eigenvalue weighted by molar-refractivity contribution is 5.96. The molecule has 23 heavy (non-hydrogen) atoms. The first kappa shape index (κ1) is 18.5. The highest BCUT2D eigenvalue weighted by atomic mass is 16.1. The summed E-state index contributed by atoms with van der Waals surface area (Å²) in [5.41, 5.74) is 8.89. The van der Waals surface area contributed by atoms with Gasteiger partial charge in [0.1, 0.15) is 0 Å². The fourth-order valence-corrected chi connectivity index (χ4v) is 2.21. The first-order chi connectivity index (χ1) is 11.2. The molecule has 3 nitrogen and oxygen atoms in total. The van der Waals surface area contributed by atoms with E-state index in [0.717, 1.165) is 18.4 Å². The number of carbonyl (C=O) groups excluding carboxylic acids is 1. The molecule has 0 aliphatic rings. The molecule has 0 unspecified atom stereocenters. The van der Waals surface area contributed by atoms with Crippen LogP contribution in [0.4, 0.5) is 0 Å². The van der Waals surface area contributed by atoms with E-state index < -0.39 is 0 Å². The SMILES string of the molecule is C#Cc1ccc(CCc2ccccc2)c(C(=O)NCN)c1.CC. The topological polar surface area (TPSA) is 55.1 Å². The van der Waals surface area contributed by atoms with E-state index >= 15 is 0 Å². The van der Waals surface area contributed by atoms with Gasteiger partial charge in [0.05, 0.1) is 6.67 Å². The molecule has 0 atom stereocenters. The number of nitrogens with two attached hydrogens (primary N) is 1. The van der Waals surface area contributed by atoms with Gasteiger partial charge in [0.25, 0.3) is 5.91 Å². The van der Waals surface area contributed by atoms with E-state index in [1.54, 1.807) is 6.07 Å². The van der Waals surface area contributed by atoms with E-state index in [0.29, 0.717) is 11.1 Å². The standard InChI is InChI=1S/C18H18N2O.C2H6/c1-2-14-8-10-16(17(12-14)18(21)20-13-19)11-9-15-6-4-3-5-7-15;1-2/h1,3-8,10,12H,9,11,13,19H2,(H,20,21);1-2H3. The Morgan fingerprint density at radius 2 is 1.83 bits per heavy atom. The summed E-state index contributed by atoms with van der Waals surface area (Å²) in [7, 11) is 0. The van der Waals surface area contributed by atoms with E-state index in [2.05, 4.69) is 23.4 Å². The molecule has 0 aliphatic heterocycles. The summed E-state index contributed by atoms with van der Waals surface area (Å²) in [4.78, 5) is 12.1. The molecular formula is C20H24N2O. The van der Waals surface area contributed by atoms with Crippen LogP contribution in [0, 0.1) is 12.3 Å². The van der Waals surface area contributed by atoms with E-state index in [1.165, 1.54) is 5.56 Å². The monoisotopic (exact) mass is 308 g/mol. The Bertz CT molecular complexity index is 657. The third-order valence-corrected chi connectivity index (χ3v) is 3.31. The van der Waals surface area contributed by atoms with Crippen molar-refractivity contribution in [2.24, 2.45) is 5.73 Å². The van der Waals surface area contributed by atoms with Crippen molar-refractivity contribution in [3.63, 3.8) is 0 Å². The Morgan fingerprint density at radius 3 is 2.43 bits per heavy atom. The first-order valence-electron chi connectivity index (χ1n) is 7.86. The predicted molar refractivity (Wildman–Crippen MR) is 96.1 cm³/mol. The summed E-state index contributed by atoms with van der Waals surface area (Å²) >= 11 is 0. The second-order valence-corrected chi connectivity index (χ2v) is 4.71. The maximum Gasteiger partial charge on any atom is 0.252 e. The van der Waals surface area contributed by atoms with Crippen molar-refractivity contribution >= 4 is 5.91 Å². The minimum absolute atomic E-state index is 0.108. The number of hydrogen-bond acceptors (Lipinski definition) is 2. The van der Waals surface area contributed by atoms with Crippen molar-refractivity contribution in [1.29, 1.82) is 0 Å². The molecule has 2 rings (SSSR count). The van der Waals surface area contributed by atoms with Crippen LogP contribution in [0.1, 0.15) is 40.9 Å². The van der Waals surface area contributed by atoms with Gasteiger partial charge in [-0.25, -0.2) is 0 Å². The van der Waals surface area contributed by atoms with Gasteiger partial charge in [0.2, 0.25) is 0 Å². The van der Waals surface area contributed by atoms with Crippen LogP contribution in [0.25, 0.3) is 0 Å². The van der Waals surface area contributed by atoms with Crippen LogP contribution < -0.4 is 11.1 Å². The van der Waals surface area contributed by atoms with Crippen LogP contribution in [0.5, 0.6) is 0 Å². The summed E-state index contributed by atoms with van der Waals surface area (Å²) in [5, 5.41) is 2.62. The summed E-state index contributed by atoms with van der Waals surface area (Å²) in [6.45, 7) is 4.11. The lowest BCUT2D eigenvalue weighted by atomic mass is 9.97. The van der Waals surface area contributed by atoms with Crippen LogP contribution in [0.3, 0.4) is 0 Å². The molecule has 0 saturated heterocycles. The average molecular weight is 308 g/mol. The van der Waals surface area contributed by atoms with Gasteiger partial charge in [-0.3, -0.25) is 4.79 Å². The lowest BCUT2D eigenvalue weighted by Gasteiger charge is -2.10. The molecule has 0 aromatic heterocycles. The van der Waals surface area contributed by atoms with Gasteiger partial charge in [0, 0.05) is 11.1 Å². The van der Waals surface area contributed by atoms with E-state index in [4.69, 9.17) is 12.2 Å². The first-order valence-corrected chi connectivity index (χ1v) is 7.86. The second-order valence-electron chi connectivity index (χ2n) is 4.71. The molecule has 0 saturated carbocycles. The highest BCUT2D eigenvalue weighted by Gasteiger charge is 2.11. The summed E-state index contributed by atoms with van der Waals surface area (Å²) in [5.74, 6) is 2.37. The number of amides is 1. The molecular weight excluding hydrogens is 284 g/mol.